The van der Waals surface area contributed by atoms with Crippen LogP contribution < -0.4 is 4.80 Å². The van der Waals surface area contributed by atoms with Gasteiger partial charge in [-0.2, -0.15) is 4.99 Å². The predicted octanol–water partition coefficient (Wildman–Crippen LogP) is 3.83. The van der Waals surface area contributed by atoms with Crippen molar-refractivity contribution in [2.45, 2.75) is 6.54 Å². The van der Waals surface area contributed by atoms with Crippen LogP contribution >= 0.6 is 34.5 Å². The molecule has 0 spiro atoms. The van der Waals surface area contributed by atoms with E-state index in [0.717, 1.165) is 11.3 Å². The third-order valence-corrected chi connectivity index (χ3v) is 5.26. The van der Waals surface area contributed by atoms with Crippen molar-refractivity contribution in [2.75, 3.05) is 7.11 Å². The molecule has 0 unspecified atom stereocenters. The van der Waals surface area contributed by atoms with E-state index in [9.17, 15) is 19.7 Å². The van der Waals surface area contributed by atoms with Crippen LogP contribution in [0.1, 0.15) is 10.4 Å². The maximum Gasteiger partial charge on any atom is 0.325 e. The summed E-state index contributed by atoms with van der Waals surface area (Å²) in [4.78, 5) is 38.8. The van der Waals surface area contributed by atoms with E-state index >= 15 is 0 Å². The van der Waals surface area contributed by atoms with Crippen LogP contribution in [0, 0.1) is 10.1 Å². The van der Waals surface area contributed by atoms with Crippen molar-refractivity contribution in [3.05, 3.63) is 66.9 Å². The van der Waals surface area contributed by atoms with Gasteiger partial charge >= 0.3 is 5.97 Å². The SMILES string of the molecule is COC(=O)Cn1c(=NC(=O)c2ccc([N+](=O)[O-])cc2)sc2cc(Cl)cc(Cl)c21. The Balaban J connectivity index is 2.13. The van der Waals surface area contributed by atoms with Gasteiger partial charge in [-0.25, -0.2) is 0 Å². The number of nitrogens with zero attached hydrogens (tertiary/aromatic N) is 3. The van der Waals surface area contributed by atoms with E-state index in [1.54, 1.807) is 6.07 Å². The molecule has 0 aliphatic heterocycles. The first-order valence-corrected chi connectivity index (χ1v) is 9.26. The number of aromatic nitrogens is 1. The molecule has 0 aliphatic rings. The lowest BCUT2D eigenvalue weighted by molar-refractivity contribution is -0.384. The van der Waals surface area contributed by atoms with E-state index in [1.165, 1.54) is 42.0 Å². The number of non-ortho nitro benzene ring substituents is 1. The zero-order chi connectivity index (χ0) is 20.4. The second kappa shape index (κ2) is 8.09. The third kappa shape index (κ3) is 4.06. The number of carbonyl (C=O) groups excluding carboxylic acids is 2. The lowest BCUT2D eigenvalue weighted by Crippen LogP contribution is -2.22. The number of fused-ring (bicyclic) bond motifs is 1. The maximum atomic E-state index is 12.5. The smallest absolute Gasteiger partial charge is 0.325 e. The van der Waals surface area contributed by atoms with Crippen LogP contribution in [-0.4, -0.2) is 28.5 Å². The van der Waals surface area contributed by atoms with Crippen LogP contribution in [0.15, 0.2) is 41.4 Å². The third-order valence-electron chi connectivity index (χ3n) is 3.73. The number of rotatable bonds is 4. The fraction of sp³-hybridized carbons (Fsp3) is 0.118. The van der Waals surface area contributed by atoms with E-state index in [-0.39, 0.29) is 22.6 Å². The van der Waals surface area contributed by atoms with Crippen LogP contribution in [0.25, 0.3) is 10.2 Å². The van der Waals surface area contributed by atoms with Crippen molar-refractivity contribution in [1.82, 2.24) is 4.57 Å². The summed E-state index contributed by atoms with van der Waals surface area (Å²) < 4.78 is 6.80. The van der Waals surface area contributed by atoms with Crippen molar-refractivity contribution in [3.63, 3.8) is 0 Å². The van der Waals surface area contributed by atoms with Crippen molar-refractivity contribution in [3.8, 4) is 0 Å². The minimum Gasteiger partial charge on any atom is -0.468 e. The molecule has 0 saturated carbocycles. The molecule has 8 nitrogen and oxygen atoms in total. The van der Waals surface area contributed by atoms with Gasteiger partial charge in [-0.15, -0.1) is 0 Å². The Morgan fingerprint density at radius 1 is 1.25 bits per heavy atom. The molecule has 144 valence electrons. The number of nitro groups is 1. The Morgan fingerprint density at radius 2 is 1.93 bits per heavy atom. The molecule has 11 heteroatoms. The first-order chi connectivity index (χ1) is 13.3. The minimum absolute atomic E-state index is 0.138. The van der Waals surface area contributed by atoms with Gasteiger partial charge in [0.05, 0.1) is 27.3 Å². The second-order valence-corrected chi connectivity index (χ2v) is 7.35. The quantitative estimate of drug-likeness (QED) is 0.349. The molecule has 0 atom stereocenters. The van der Waals surface area contributed by atoms with Gasteiger partial charge in [-0.05, 0) is 24.3 Å². The minimum atomic E-state index is -0.623. The number of hydrogen-bond donors (Lipinski definition) is 0. The largest absolute Gasteiger partial charge is 0.468 e. The average molecular weight is 440 g/mol. The molecule has 3 aromatic rings. The standard InChI is InChI=1S/C17H11Cl2N3O5S/c1-27-14(23)8-21-15-12(19)6-10(18)7-13(15)28-17(21)20-16(24)9-2-4-11(5-3-9)22(25)26/h2-7H,8H2,1H3. The molecular formula is C17H11Cl2N3O5S. The second-order valence-electron chi connectivity index (χ2n) is 5.50. The summed E-state index contributed by atoms with van der Waals surface area (Å²) in [5, 5.41) is 11.4. The van der Waals surface area contributed by atoms with Gasteiger partial charge in [0.1, 0.15) is 6.54 Å². The van der Waals surface area contributed by atoms with E-state index < -0.39 is 16.8 Å². The molecular weight excluding hydrogens is 429 g/mol. The van der Waals surface area contributed by atoms with Crippen LogP contribution in [0.5, 0.6) is 0 Å². The molecule has 1 heterocycles. The number of methoxy groups -OCH3 is 1. The van der Waals surface area contributed by atoms with E-state index in [0.29, 0.717) is 20.3 Å². The number of carbonyl (C=O) groups is 2. The van der Waals surface area contributed by atoms with Gasteiger partial charge in [-0.1, -0.05) is 34.5 Å². The molecule has 2 aromatic carbocycles. The molecule has 0 aliphatic carbocycles. The van der Waals surface area contributed by atoms with Crippen molar-refractivity contribution >= 4 is 62.3 Å². The Kier molecular flexibility index (Phi) is 5.78. The van der Waals surface area contributed by atoms with Crippen molar-refractivity contribution < 1.29 is 19.2 Å². The summed E-state index contributed by atoms with van der Waals surface area (Å²) >= 11 is 13.4. The molecule has 0 saturated heterocycles. The van der Waals surface area contributed by atoms with Gasteiger partial charge in [0.25, 0.3) is 11.6 Å². The van der Waals surface area contributed by atoms with Gasteiger partial charge in [0.15, 0.2) is 4.80 Å². The molecule has 0 fully saturated rings. The van der Waals surface area contributed by atoms with E-state index in [4.69, 9.17) is 27.9 Å². The Morgan fingerprint density at radius 3 is 2.54 bits per heavy atom. The lowest BCUT2D eigenvalue weighted by atomic mass is 10.2. The van der Waals surface area contributed by atoms with Gasteiger partial charge in [0.2, 0.25) is 0 Å². The highest BCUT2D eigenvalue weighted by Crippen LogP contribution is 2.29. The number of esters is 1. The molecule has 0 bridgehead atoms. The van der Waals surface area contributed by atoms with Gasteiger partial charge < -0.3 is 9.30 Å². The summed E-state index contributed by atoms with van der Waals surface area (Å²) in [6.07, 6.45) is 0. The fourth-order valence-electron chi connectivity index (χ4n) is 2.43. The van der Waals surface area contributed by atoms with Gasteiger partial charge in [-0.3, -0.25) is 19.7 Å². The summed E-state index contributed by atoms with van der Waals surface area (Å²) in [5.74, 6) is -1.17. The zero-order valence-corrected chi connectivity index (χ0v) is 16.5. The number of halogens is 2. The molecule has 1 amide bonds. The van der Waals surface area contributed by atoms with Crippen molar-refractivity contribution in [1.29, 1.82) is 0 Å². The normalized spacial score (nSPS) is 11.6. The number of nitro benzene ring substituents is 1. The molecule has 3 rings (SSSR count). The number of hydrogen-bond acceptors (Lipinski definition) is 6. The number of ether oxygens (including phenoxy) is 1. The molecule has 28 heavy (non-hydrogen) atoms. The van der Waals surface area contributed by atoms with Gasteiger partial charge in [0, 0.05) is 22.7 Å². The predicted molar refractivity (Wildman–Crippen MR) is 105 cm³/mol. The topological polar surface area (TPSA) is 104 Å². The summed E-state index contributed by atoms with van der Waals surface area (Å²) in [5.41, 5.74) is 0.522. The number of benzene rings is 2. The highest BCUT2D eigenvalue weighted by molar-refractivity contribution is 7.16. The number of amides is 1. The van der Waals surface area contributed by atoms with E-state index in [1.807, 2.05) is 0 Å². The van der Waals surface area contributed by atoms with Crippen LogP contribution in [0.4, 0.5) is 5.69 Å². The highest BCUT2D eigenvalue weighted by atomic mass is 35.5. The van der Waals surface area contributed by atoms with Crippen LogP contribution in [0.2, 0.25) is 10.0 Å². The zero-order valence-electron chi connectivity index (χ0n) is 14.2. The average Bonchev–Trinajstić information content (AvgIpc) is 2.98. The van der Waals surface area contributed by atoms with Crippen molar-refractivity contribution in [2.24, 2.45) is 4.99 Å². The number of thiazole rings is 1. The van der Waals surface area contributed by atoms with Crippen LogP contribution in [-0.2, 0) is 16.1 Å². The first-order valence-electron chi connectivity index (χ1n) is 7.69. The summed E-state index contributed by atoms with van der Waals surface area (Å²) in [6.45, 7) is -0.204. The Bertz CT molecular complexity index is 1170. The monoisotopic (exact) mass is 439 g/mol. The Hall–Kier alpha value is -2.75. The lowest BCUT2D eigenvalue weighted by Gasteiger charge is -2.05. The fourth-order valence-corrected chi connectivity index (χ4v) is 4.24. The summed E-state index contributed by atoms with van der Waals surface area (Å²) in [7, 11) is 1.24. The summed E-state index contributed by atoms with van der Waals surface area (Å²) in [6, 6.07) is 8.22. The van der Waals surface area contributed by atoms with Crippen LogP contribution in [0.3, 0.4) is 0 Å². The highest BCUT2D eigenvalue weighted by Gasteiger charge is 2.16. The molecule has 0 N–H and O–H groups in total. The Labute approximate surface area is 171 Å². The molecule has 1 aromatic heterocycles. The first kappa shape index (κ1) is 20.0. The van der Waals surface area contributed by atoms with E-state index in [2.05, 4.69) is 4.99 Å². The molecule has 0 radical (unpaired) electrons. The maximum absolute atomic E-state index is 12.5.